The van der Waals surface area contributed by atoms with Gasteiger partial charge in [-0.05, 0) is 55.0 Å². The zero-order valence-electron chi connectivity index (χ0n) is 16.3. The topological polar surface area (TPSA) is 80.6 Å². The van der Waals surface area contributed by atoms with Gasteiger partial charge in [-0.25, -0.2) is 0 Å². The van der Waals surface area contributed by atoms with Gasteiger partial charge in [0.1, 0.15) is 11.3 Å². The molecule has 3 aromatic carbocycles. The summed E-state index contributed by atoms with van der Waals surface area (Å²) >= 11 is 0. The van der Waals surface area contributed by atoms with Crippen LogP contribution in [0.1, 0.15) is 16.1 Å². The number of benzene rings is 3. The highest BCUT2D eigenvalue weighted by Gasteiger charge is 2.14. The van der Waals surface area contributed by atoms with E-state index in [1.54, 1.807) is 36.4 Å². The van der Waals surface area contributed by atoms with Gasteiger partial charge in [0, 0.05) is 16.8 Å². The van der Waals surface area contributed by atoms with Crippen molar-refractivity contribution < 1.29 is 18.7 Å². The molecule has 0 bridgehead atoms. The van der Waals surface area contributed by atoms with E-state index in [1.807, 2.05) is 49.4 Å². The molecule has 0 aliphatic carbocycles. The molecule has 0 aliphatic heterocycles. The Balaban J connectivity index is 1.37. The van der Waals surface area contributed by atoms with Crippen LogP contribution in [0.5, 0.6) is 5.75 Å². The molecule has 0 spiro atoms. The summed E-state index contributed by atoms with van der Waals surface area (Å²) < 4.78 is 11.0. The van der Waals surface area contributed by atoms with Crippen molar-refractivity contribution >= 4 is 34.2 Å². The number of furan rings is 1. The second kappa shape index (κ2) is 8.53. The smallest absolute Gasteiger partial charge is 0.291 e. The van der Waals surface area contributed by atoms with Crippen LogP contribution in [0, 0.1) is 6.92 Å². The first kappa shape index (κ1) is 19.3. The van der Waals surface area contributed by atoms with E-state index in [4.69, 9.17) is 9.15 Å². The number of hydrogen-bond acceptors (Lipinski definition) is 4. The van der Waals surface area contributed by atoms with Crippen molar-refractivity contribution in [2.75, 3.05) is 17.2 Å². The second-order valence-corrected chi connectivity index (χ2v) is 6.78. The van der Waals surface area contributed by atoms with Crippen molar-refractivity contribution in [3.63, 3.8) is 0 Å². The fourth-order valence-corrected chi connectivity index (χ4v) is 3.02. The van der Waals surface area contributed by atoms with Gasteiger partial charge in [-0.15, -0.1) is 0 Å². The van der Waals surface area contributed by atoms with Gasteiger partial charge in [-0.3, -0.25) is 9.59 Å². The van der Waals surface area contributed by atoms with E-state index in [0.29, 0.717) is 22.7 Å². The fourth-order valence-electron chi connectivity index (χ4n) is 3.02. The summed E-state index contributed by atoms with van der Waals surface area (Å²) in [6.45, 7) is 1.76. The lowest BCUT2D eigenvalue weighted by atomic mass is 10.1. The van der Waals surface area contributed by atoms with Crippen LogP contribution in [0.4, 0.5) is 11.4 Å². The maximum Gasteiger partial charge on any atom is 0.291 e. The lowest BCUT2D eigenvalue weighted by molar-refractivity contribution is -0.118. The molecule has 2 N–H and O–H groups in total. The number of hydrogen-bond donors (Lipinski definition) is 2. The Hall–Kier alpha value is -4.06. The number of carbonyl (C=O) groups excluding carboxylic acids is 2. The SMILES string of the molecule is Cc1cc(NC(=O)COc2ccccc2)ccc1NC(=O)c1cc2ccccc2o1. The van der Waals surface area contributed by atoms with E-state index in [1.165, 1.54) is 0 Å². The molecule has 4 rings (SSSR count). The van der Waals surface area contributed by atoms with Gasteiger partial charge < -0.3 is 19.8 Å². The molecule has 1 aromatic heterocycles. The number of ether oxygens (including phenoxy) is 1. The normalized spacial score (nSPS) is 10.6. The van der Waals surface area contributed by atoms with Crippen molar-refractivity contribution in [1.82, 2.24) is 0 Å². The molecular weight excluding hydrogens is 380 g/mol. The standard InChI is InChI=1S/C24H20N2O4/c1-16-13-18(25-23(27)15-29-19-8-3-2-4-9-19)11-12-20(16)26-24(28)22-14-17-7-5-6-10-21(17)30-22/h2-14H,15H2,1H3,(H,25,27)(H,26,28). The average molecular weight is 400 g/mol. The highest BCUT2D eigenvalue weighted by Crippen LogP contribution is 2.23. The third kappa shape index (κ3) is 4.50. The lowest BCUT2D eigenvalue weighted by Crippen LogP contribution is -2.20. The Kier molecular flexibility index (Phi) is 5.48. The highest BCUT2D eigenvalue weighted by molar-refractivity contribution is 6.05. The van der Waals surface area contributed by atoms with Crippen molar-refractivity contribution in [3.05, 3.63) is 90.2 Å². The summed E-state index contributed by atoms with van der Waals surface area (Å²) in [6, 6.07) is 23.6. The molecule has 0 fully saturated rings. The lowest BCUT2D eigenvalue weighted by Gasteiger charge is -2.11. The van der Waals surface area contributed by atoms with E-state index >= 15 is 0 Å². The van der Waals surface area contributed by atoms with Gasteiger partial charge in [0.15, 0.2) is 12.4 Å². The molecule has 30 heavy (non-hydrogen) atoms. The molecule has 0 radical (unpaired) electrons. The molecule has 0 unspecified atom stereocenters. The zero-order valence-corrected chi connectivity index (χ0v) is 16.3. The van der Waals surface area contributed by atoms with Crippen molar-refractivity contribution in [2.45, 2.75) is 6.92 Å². The third-order valence-electron chi connectivity index (χ3n) is 4.52. The Morgan fingerprint density at radius 2 is 1.67 bits per heavy atom. The summed E-state index contributed by atoms with van der Waals surface area (Å²) in [6.07, 6.45) is 0. The molecule has 0 saturated heterocycles. The molecule has 0 atom stereocenters. The number of carbonyl (C=O) groups is 2. The molecule has 4 aromatic rings. The predicted molar refractivity (Wildman–Crippen MR) is 116 cm³/mol. The summed E-state index contributed by atoms with van der Waals surface area (Å²) in [5.74, 6) is 0.276. The van der Waals surface area contributed by atoms with Crippen molar-refractivity contribution in [3.8, 4) is 5.75 Å². The summed E-state index contributed by atoms with van der Waals surface area (Å²) in [4.78, 5) is 24.6. The van der Waals surface area contributed by atoms with Crippen LogP contribution in [0.2, 0.25) is 0 Å². The van der Waals surface area contributed by atoms with Crippen LogP contribution in [-0.2, 0) is 4.79 Å². The molecule has 2 amide bonds. The zero-order chi connectivity index (χ0) is 20.9. The predicted octanol–water partition coefficient (Wildman–Crippen LogP) is 5.01. The molecule has 1 heterocycles. The summed E-state index contributed by atoms with van der Waals surface area (Å²) in [7, 11) is 0. The maximum atomic E-state index is 12.5. The van der Waals surface area contributed by atoms with E-state index < -0.39 is 0 Å². The van der Waals surface area contributed by atoms with E-state index in [2.05, 4.69) is 10.6 Å². The van der Waals surface area contributed by atoms with Gasteiger partial charge in [-0.1, -0.05) is 36.4 Å². The molecular formula is C24H20N2O4. The average Bonchev–Trinajstić information content (AvgIpc) is 3.19. The van der Waals surface area contributed by atoms with Crippen LogP contribution in [0.25, 0.3) is 11.0 Å². The van der Waals surface area contributed by atoms with Crippen LogP contribution >= 0.6 is 0 Å². The summed E-state index contributed by atoms with van der Waals surface area (Å²) in [5.41, 5.74) is 2.73. The number of nitrogens with one attached hydrogen (secondary N) is 2. The van der Waals surface area contributed by atoms with Crippen molar-refractivity contribution in [2.24, 2.45) is 0 Å². The number of rotatable bonds is 6. The number of aryl methyl sites for hydroxylation is 1. The summed E-state index contributed by atoms with van der Waals surface area (Å²) in [5, 5.41) is 6.50. The number of para-hydroxylation sites is 2. The Morgan fingerprint density at radius 1 is 0.900 bits per heavy atom. The van der Waals surface area contributed by atoms with Gasteiger partial charge in [0.2, 0.25) is 0 Å². The van der Waals surface area contributed by atoms with E-state index in [-0.39, 0.29) is 24.2 Å². The molecule has 150 valence electrons. The van der Waals surface area contributed by atoms with Crippen LogP contribution in [0.15, 0.2) is 83.3 Å². The minimum Gasteiger partial charge on any atom is -0.484 e. The Labute approximate surface area is 173 Å². The van der Waals surface area contributed by atoms with E-state index in [0.717, 1.165) is 10.9 Å². The van der Waals surface area contributed by atoms with E-state index in [9.17, 15) is 9.59 Å². The highest BCUT2D eigenvalue weighted by atomic mass is 16.5. The van der Waals surface area contributed by atoms with Gasteiger partial charge >= 0.3 is 0 Å². The number of amides is 2. The third-order valence-corrected chi connectivity index (χ3v) is 4.52. The Bertz CT molecular complexity index is 1170. The quantitative estimate of drug-likeness (QED) is 0.477. The van der Waals surface area contributed by atoms with Crippen LogP contribution < -0.4 is 15.4 Å². The van der Waals surface area contributed by atoms with Crippen LogP contribution in [-0.4, -0.2) is 18.4 Å². The Morgan fingerprint density at radius 3 is 2.43 bits per heavy atom. The van der Waals surface area contributed by atoms with Gasteiger partial charge in [-0.2, -0.15) is 0 Å². The molecule has 0 aliphatic rings. The van der Waals surface area contributed by atoms with Gasteiger partial charge in [0.25, 0.3) is 11.8 Å². The minimum atomic E-state index is -0.331. The first-order valence-electron chi connectivity index (χ1n) is 9.47. The maximum absolute atomic E-state index is 12.5. The largest absolute Gasteiger partial charge is 0.484 e. The number of anilines is 2. The molecule has 6 heteroatoms. The molecule has 6 nitrogen and oxygen atoms in total. The number of fused-ring (bicyclic) bond motifs is 1. The molecule has 0 saturated carbocycles. The van der Waals surface area contributed by atoms with Crippen molar-refractivity contribution in [1.29, 1.82) is 0 Å². The van der Waals surface area contributed by atoms with Crippen LogP contribution in [0.3, 0.4) is 0 Å². The first-order chi connectivity index (χ1) is 14.6. The minimum absolute atomic E-state index is 0.0897. The first-order valence-corrected chi connectivity index (χ1v) is 9.47. The monoisotopic (exact) mass is 400 g/mol. The van der Waals surface area contributed by atoms with Gasteiger partial charge in [0.05, 0.1) is 0 Å². The fraction of sp³-hybridized carbons (Fsp3) is 0.0833. The second-order valence-electron chi connectivity index (χ2n) is 6.78.